The van der Waals surface area contributed by atoms with Gasteiger partial charge in [0.1, 0.15) is 0 Å². The summed E-state index contributed by atoms with van der Waals surface area (Å²) in [5.41, 5.74) is 0.980. The van der Waals surface area contributed by atoms with Crippen molar-refractivity contribution in [3.8, 4) is 0 Å². The number of hydrogen-bond acceptors (Lipinski definition) is 5. The van der Waals surface area contributed by atoms with E-state index in [1.165, 1.54) is 4.90 Å². The third-order valence-electron chi connectivity index (χ3n) is 3.39. The van der Waals surface area contributed by atoms with Gasteiger partial charge in [0.15, 0.2) is 5.82 Å². The number of nitrogens with one attached hydrogen (secondary N) is 2. The predicted molar refractivity (Wildman–Crippen MR) is 91.9 cm³/mol. The van der Waals surface area contributed by atoms with Crippen molar-refractivity contribution in [3.05, 3.63) is 47.6 Å². The molecular formula is C17H23N5O3. The van der Waals surface area contributed by atoms with Crippen LogP contribution in [0.15, 0.2) is 34.9 Å². The topological polar surface area (TPSA) is 100 Å². The van der Waals surface area contributed by atoms with E-state index in [9.17, 15) is 9.59 Å². The highest BCUT2D eigenvalue weighted by atomic mass is 16.5. The first-order valence-corrected chi connectivity index (χ1v) is 8.12. The third kappa shape index (κ3) is 5.91. The van der Waals surface area contributed by atoms with E-state index >= 15 is 0 Å². The largest absolute Gasteiger partial charge is 0.344 e. The number of urea groups is 1. The summed E-state index contributed by atoms with van der Waals surface area (Å²) in [7, 11) is 1.69. The Balaban J connectivity index is 1.81. The van der Waals surface area contributed by atoms with Gasteiger partial charge in [-0.25, -0.2) is 4.79 Å². The van der Waals surface area contributed by atoms with E-state index in [2.05, 4.69) is 20.8 Å². The number of carbonyl (C=O) groups is 2. The second kappa shape index (κ2) is 8.81. The molecule has 0 saturated heterocycles. The zero-order valence-electron chi connectivity index (χ0n) is 14.7. The number of likely N-dealkylation sites (N-methyl/N-ethyl adjacent to an activating group) is 1. The number of aromatic nitrogens is 2. The maximum absolute atomic E-state index is 12.0. The van der Waals surface area contributed by atoms with Crippen LogP contribution in [-0.4, -0.2) is 46.6 Å². The first kappa shape index (κ1) is 18.4. The first-order chi connectivity index (χ1) is 12.0. The molecule has 1 heterocycles. The van der Waals surface area contributed by atoms with Crippen molar-refractivity contribution >= 4 is 11.9 Å². The number of nitrogens with zero attached hydrogens (tertiary/aromatic N) is 3. The van der Waals surface area contributed by atoms with Gasteiger partial charge in [0.25, 0.3) is 0 Å². The van der Waals surface area contributed by atoms with E-state index in [0.717, 1.165) is 5.56 Å². The standard InChI is InChI=1S/C17H23N5O3/c1-12(2)19-17(24)22(3)10-9-14-20-16(25-21-14)15(23)18-11-13-7-5-4-6-8-13/h4-8,12H,9-11H2,1-3H3,(H,18,23)(H,19,24). The summed E-state index contributed by atoms with van der Waals surface area (Å²) in [4.78, 5) is 29.4. The van der Waals surface area contributed by atoms with Gasteiger partial charge in [-0.1, -0.05) is 35.5 Å². The Kier molecular flexibility index (Phi) is 6.50. The van der Waals surface area contributed by atoms with Crippen LogP contribution in [0.4, 0.5) is 4.79 Å². The Bertz CT molecular complexity index is 699. The molecule has 0 radical (unpaired) electrons. The maximum Gasteiger partial charge on any atom is 0.317 e. The van der Waals surface area contributed by atoms with Crippen LogP contribution < -0.4 is 10.6 Å². The maximum atomic E-state index is 12.0. The van der Waals surface area contributed by atoms with E-state index in [0.29, 0.717) is 25.3 Å². The quantitative estimate of drug-likeness (QED) is 0.794. The van der Waals surface area contributed by atoms with Gasteiger partial charge >= 0.3 is 17.8 Å². The van der Waals surface area contributed by atoms with Gasteiger partial charge in [0, 0.05) is 32.6 Å². The number of rotatable bonds is 7. The molecule has 0 aliphatic rings. The van der Waals surface area contributed by atoms with Crippen LogP contribution in [0.5, 0.6) is 0 Å². The lowest BCUT2D eigenvalue weighted by atomic mass is 10.2. The molecule has 1 aromatic carbocycles. The molecule has 8 heteroatoms. The van der Waals surface area contributed by atoms with Gasteiger partial charge < -0.3 is 20.1 Å². The van der Waals surface area contributed by atoms with Crippen LogP contribution in [0.1, 0.15) is 35.9 Å². The SMILES string of the molecule is CC(C)NC(=O)N(C)CCc1noc(C(=O)NCc2ccccc2)n1. The van der Waals surface area contributed by atoms with Crippen molar-refractivity contribution in [2.24, 2.45) is 0 Å². The fourth-order valence-corrected chi connectivity index (χ4v) is 2.03. The number of amides is 3. The fraction of sp³-hybridized carbons (Fsp3) is 0.412. The van der Waals surface area contributed by atoms with Gasteiger partial charge in [0.05, 0.1) is 0 Å². The summed E-state index contributed by atoms with van der Waals surface area (Å²) in [6, 6.07) is 9.44. The van der Waals surface area contributed by atoms with Crippen LogP contribution in [-0.2, 0) is 13.0 Å². The van der Waals surface area contributed by atoms with Gasteiger partial charge in [-0.05, 0) is 19.4 Å². The molecule has 25 heavy (non-hydrogen) atoms. The average Bonchev–Trinajstić information content (AvgIpc) is 3.07. The van der Waals surface area contributed by atoms with Gasteiger partial charge in [-0.3, -0.25) is 4.79 Å². The minimum Gasteiger partial charge on any atom is -0.344 e. The highest BCUT2D eigenvalue weighted by Crippen LogP contribution is 2.02. The van der Waals surface area contributed by atoms with Crippen LogP contribution in [0, 0.1) is 0 Å². The molecule has 1 aromatic heterocycles. The summed E-state index contributed by atoms with van der Waals surface area (Å²) < 4.78 is 4.98. The molecule has 2 aromatic rings. The number of benzene rings is 1. The van der Waals surface area contributed by atoms with Crippen LogP contribution in [0.2, 0.25) is 0 Å². The lowest BCUT2D eigenvalue weighted by Crippen LogP contribution is -2.41. The molecule has 0 bridgehead atoms. The Morgan fingerprint density at radius 2 is 1.96 bits per heavy atom. The zero-order chi connectivity index (χ0) is 18.2. The molecule has 0 saturated carbocycles. The molecular weight excluding hydrogens is 322 g/mol. The fourth-order valence-electron chi connectivity index (χ4n) is 2.03. The molecule has 0 aliphatic carbocycles. The van der Waals surface area contributed by atoms with E-state index < -0.39 is 5.91 Å². The van der Waals surface area contributed by atoms with Crippen molar-refractivity contribution in [3.63, 3.8) is 0 Å². The van der Waals surface area contributed by atoms with E-state index in [1.807, 2.05) is 44.2 Å². The molecule has 0 unspecified atom stereocenters. The number of carbonyl (C=O) groups excluding carboxylic acids is 2. The first-order valence-electron chi connectivity index (χ1n) is 8.12. The highest BCUT2D eigenvalue weighted by Gasteiger charge is 2.16. The smallest absolute Gasteiger partial charge is 0.317 e. The Morgan fingerprint density at radius 3 is 2.64 bits per heavy atom. The molecule has 0 atom stereocenters. The van der Waals surface area contributed by atoms with Crippen LogP contribution in [0.25, 0.3) is 0 Å². The van der Waals surface area contributed by atoms with Crippen molar-refractivity contribution in [2.75, 3.05) is 13.6 Å². The zero-order valence-corrected chi connectivity index (χ0v) is 14.7. The molecule has 2 N–H and O–H groups in total. The predicted octanol–water partition coefficient (Wildman–Crippen LogP) is 1.59. The summed E-state index contributed by atoms with van der Waals surface area (Å²) in [5.74, 6) is -0.122. The lowest BCUT2D eigenvalue weighted by molar-refractivity contribution is 0.0907. The molecule has 134 valence electrons. The summed E-state index contributed by atoms with van der Waals surface area (Å²) >= 11 is 0. The van der Waals surface area contributed by atoms with Crippen molar-refractivity contribution < 1.29 is 14.1 Å². The second-order valence-electron chi connectivity index (χ2n) is 5.96. The summed E-state index contributed by atoms with van der Waals surface area (Å²) in [6.45, 7) is 4.59. The third-order valence-corrected chi connectivity index (χ3v) is 3.39. The normalized spacial score (nSPS) is 10.6. The van der Waals surface area contributed by atoms with Gasteiger partial charge in [-0.15, -0.1) is 0 Å². The van der Waals surface area contributed by atoms with Crippen LogP contribution in [0.3, 0.4) is 0 Å². The van der Waals surface area contributed by atoms with Crippen molar-refractivity contribution in [1.82, 2.24) is 25.7 Å². The van der Waals surface area contributed by atoms with E-state index in [4.69, 9.17) is 4.52 Å². The van der Waals surface area contributed by atoms with Crippen molar-refractivity contribution in [2.45, 2.75) is 32.9 Å². The molecule has 3 amide bonds. The minimum atomic E-state index is -0.423. The average molecular weight is 345 g/mol. The molecule has 8 nitrogen and oxygen atoms in total. The molecule has 0 aliphatic heterocycles. The van der Waals surface area contributed by atoms with Gasteiger partial charge in [-0.2, -0.15) is 4.98 Å². The van der Waals surface area contributed by atoms with E-state index in [-0.39, 0.29) is 18.0 Å². The Hall–Kier alpha value is -2.90. The number of hydrogen-bond donors (Lipinski definition) is 2. The summed E-state index contributed by atoms with van der Waals surface area (Å²) in [6.07, 6.45) is 0.400. The van der Waals surface area contributed by atoms with Crippen LogP contribution >= 0.6 is 0 Å². The summed E-state index contributed by atoms with van der Waals surface area (Å²) in [5, 5.41) is 9.30. The van der Waals surface area contributed by atoms with Crippen molar-refractivity contribution in [1.29, 1.82) is 0 Å². The lowest BCUT2D eigenvalue weighted by Gasteiger charge is -2.18. The molecule has 0 spiro atoms. The molecule has 2 rings (SSSR count). The second-order valence-corrected chi connectivity index (χ2v) is 5.96. The molecule has 0 fully saturated rings. The van der Waals surface area contributed by atoms with Gasteiger partial charge in [0.2, 0.25) is 0 Å². The monoisotopic (exact) mass is 345 g/mol. The minimum absolute atomic E-state index is 0.0695. The Morgan fingerprint density at radius 1 is 1.24 bits per heavy atom. The van der Waals surface area contributed by atoms with E-state index in [1.54, 1.807) is 7.05 Å². The highest BCUT2D eigenvalue weighted by molar-refractivity contribution is 5.89. The Labute approximate surface area is 146 Å².